The van der Waals surface area contributed by atoms with Crippen LogP contribution in [0.3, 0.4) is 0 Å². The van der Waals surface area contributed by atoms with Gasteiger partial charge in [-0.25, -0.2) is 0 Å². The highest BCUT2D eigenvalue weighted by atomic mass is 14.9. The summed E-state index contributed by atoms with van der Waals surface area (Å²) in [6, 6.07) is 7.77. The van der Waals surface area contributed by atoms with E-state index < -0.39 is 0 Å². The maximum absolute atomic E-state index is 9.12. The van der Waals surface area contributed by atoms with Crippen molar-refractivity contribution in [1.29, 1.82) is 5.26 Å². The molecule has 2 heterocycles. The molecule has 4 heteroatoms. The van der Waals surface area contributed by atoms with E-state index >= 15 is 0 Å². The number of hydrogen-bond acceptors (Lipinski definition) is 4. The van der Waals surface area contributed by atoms with Gasteiger partial charge in [-0.2, -0.15) is 5.26 Å². The Bertz CT molecular complexity index is 570. The second kappa shape index (κ2) is 4.62. The van der Waals surface area contributed by atoms with Crippen LogP contribution in [0, 0.1) is 25.2 Å². The molecule has 0 bridgehead atoms. The standard InChI is InChI=1S/C13H12N4/c1-9-6-13(12(7-14)10(2)16-9)17-11-4-3-5-15-8-11/h3-6,8H,1-2H3,(H,16,17). The van der Waals surface area contributed by atoms with Crippen LogP contribution in [0.1, 0.15) is 17.0 Å². The zero-order chi connectivity index (χ0) is 12.3. The Hall–Kier alpha value is -2.41. The summed E-state index contributed by atoms with van der Waals surface area (Å²) in [6.07, 6.45) is 3.42. The molecule has 4 nitrogen and oxygen atoms in total. The highest BCUT2D eigenvalue weighted by Crippen LogP contribution is 2.22. The average molecular weight is 224 g/mol. The van der Waals surface area contributed by atoms with Crippen LogP contribution in [0.4, 0.5) is 11.4 Å². The molecule has 0 unspecified atom stereocenters. The number of nitriles is 1. The number of hydrogen-bond donors (Lipinski definition) is 1. The van der Waals surface area contributed by atoms with Crippen molar-refractivity contribution in [1.82, 2.24) is 9.97 Å². The molecule has 0 saturated heterocycles. The van der Waals surface area contributed by atoms with Gasteiger partial charge in [-0.05, 0) is 32.0 Å². The molecular weight excluding hydrogens is 212 g/mol. The Morgan fingerprint density at radius 2 is 2.18 bits per heavy atom. The summed E-state index contributed by atoms with van der Waals surface area (Å²) in [5.74, 6) is 0. The van der Waals surface area contributed by atoms with Gasteiger partial charge < -0.3 is 5.32 Å². The third kappa shape index (κ3) is 2.40. The van der Waals surface area contributed by atoms with E-state index in [0.717, 1.165) is 22.8 Å². The SMILES string of the molecule is Cc1cc(Nc2cccnc2)c(C#N)c(C)n1. The summed E-state index contributed by atoms with van der Waals surface area (Å²) in [4.78, 5) is 8.29. The van der Waals surface area contributed by atoms with Crippen molar-refractivity contribution in [3.8, 4) is 6.07 Å². The summed E-state index contributed by atoms with van der Waals surface area (Å²) in [7, 11) is 0. The molecule has 17 heavy (non-hydrogen) atoms. The van der Waals surface area contributed by atoms with Crippen LogP contribution in [-0.2, 0) is 0 Å². The monoisotopic (exact) mass is 224 g/mol. The molecule has 0 atom stereocenters. The summed E-state index contributed by atoms with van der Waals surface area (Å²) < 4.78 is 0. The van der Waals surface area contributed by atoms with Crippen molar-refractivity contribution < 1.29 is 0 Å². The Balaban J connectivity index is 2.43. The minimum atomic E-state index is 0.569. The van der Waals surface area contributed by atoms with Gasteiger partial charge >= 0.3 is 0 Å². The summed E-state index contributed by atoms with van der Waals surface area (Å²) >= 11 is 0. The molecule has 84 valence electrons. The van der Waals surface area contributed by atoms with Crippen LogP contribution in [-0.4, -0.2) is 9.97 Å². The maximum atomic E-state index is 9.12. The molecule has 0 aliphatic carbocycles. The van der Waals surface area contributed by atoms with Gasteiger partial charge in [0, 0.05) is 11.9 Å². The van der Waals surface area contributed by atoms with Gasteiger partial charge in [0.1, 0.15) is 6.07 Å². The Labute approximate surface area is 100.0 Å². The molecule has 0 saturated carbocycles. The van der Waals surface area contributed by atoms with Gasteiger partial charge in [-0.15, -0.1) is 0 Å². The number of pyridine rings is 2. The second-order valence-corrected chi connectivity index (χ2v) is 3.75. The van der Waals surface area contributed by atoms with Gasteiger partial charge in [-0.1, -0.05) is 0 Å². The molecule has 2 aromatic heterocycles. The topological polar surface area (TPSA) is 61.6 Å². The first-order valence-electron chi connectivity index (χ1n) is 5.26. The first kappa shape index (κ1) is 11.1. The lowest BCUT2D eigenvalue weighted by Crippen LogP contribution is -1.99. The zero-order valence-corrected chi connectivity index (χ0v) is 9.73. The molecule has 0 aromatic carbocycles. The first-order chi connectivity index (χ1) is 8.20. The predicted molar refractivity (Wildman–Crippen MR) is 65.9 cm³/mol. The van der Waals surface area contributed by atoms with E-state index in [1.807, 2.05) is 32.0 Å². The first-order valence-corrected chi connectivity index (χ1v) is 5.26. The van der Waals surface area contributed by atoms with E-state index in [9.17, 15) is 0 Å². The number of rotatable bonds is 2. The zero-order valence-electron chi connectivity index (χ0n) is 9.73. The van der Waals surface area contributed by atoms with E-state index in [1.54, 1.807) is 12.4 Å². The quantitative estimate of drug-likeness (QED) is 0.851. The lowest BCUT2D eigenvalue weighted by molar-refractivity contribution is 1.11. The van der Waals surface area contributed by atoms with Crippen LogP contribution in [0.15, 0.2) is 30.6 Å². The van der Waals surface area contributed by atoms with Gasteiger partial charge in [-0.3, -0.25) is 9.97 Å². The molecule has 1 N–H and O–H groups in total. The van der Waals surface area contributed by atoms with Gasteiger partial charge in [0.2, 0.25) is 0 Å². The highest BCUT2D eigenvalue weighted by molar-refractivity contribution is 5.67. The van der Waals surface area contributed by atoms with Crippen molar-refractivity contribution in [3.05, 3.63) is 47.5 Å². The van der Waals surface area contributed by atoms with Crippen LogP contribution in [0.25, 0.3) is 0 Å². The minimum absolute atomic E-state index is 0.569. The molecule has 2 rings (SSSR count). The van der Waals surface area contributed by atoms with Crippen LogP contribution in [0.2, 0.25) is 0 Å². The van der Waals surface area contributed by atoms with E-state index in [4.69, 9.17) is 5.26 Å². The lowest BCUT2D eigenvalue weighted by Gasteiger charge is -2.10. The minimum Gasteiger partial charge on any atom is -0.353 e. The van der Waals surface area contributed by atoms with Crippen molar-refractivity contribution in [2.75, 3.05) is 5.32 Å². The van der Waals surface area contributed by atoms with Gasteiger partial charge in [0.15, 0.2) is 0 Å². The third-order valence-electron chi connectivity index (χ3n) is 2.38. The van der Waals surface area contributed by atoms with E-state index in [0.29, 0.717) is 5.56 Å². The molecule has 0 aliphatic rings. The molecule has 0 aliphatic heterocycles. The fourth-order valence-electron chi connectivity index (χ4n) is 1.66. The smallest absolute Gasteiger partial charge is 0.103 e. The van der Waals surface area contributed by atoms with Crippen molar-refractivity contribution in [3.63, 3.8) is 0 Å². The summed E-state index contributed by atoms with van der Waals surface area (Å²) in [5.41, 5.74) is 3.81. The number of anilines is 2. The van der Waals surface area contributed by atoms with E-state index in [-0.39, 0.29) is 0 Å². The highest BCUT2D eigenvalue weighted by Gasteiger charge is 2.07. The normalized spacial score (nSPS) is 9.71. The number of aromatic nitrogens is 2. The lowest BCUT2D eigenvalue weighted by atomic mass is 10.1. The number of nitrogens with zero attached hydrogens (tertiary/aromatic N) is 3. The van der Waals surface area contributed by atoms with E-state index in [1.165, 1.54) is 0 Å². The predicted octanol–water partition coefficient (Wildman–Crippen LogP) is 2.71. The Kier molecular flexibility index (Phi) is 3.01. The Morgan fingerprint density at radius 3 is 2.82 bits per heavy atom. The molecule has 0 amide bonds. The second-order valence-electron chi connectivity index (χ2n) is 3.75. The van der Waals surface area contributed by atoms with Crippen molar-refractivity contribution in [2.24, 2.45) is 0 Å². The number of aryl methyl sites for hydroxylation is 2. The maximum Gasteiger partial charge on any atom is 0.103 e. The molecule has 0 fully saturated rings. The van der Waals surface area contributed by atoms with Crippen LogP contribution >= 0.6 is 0 Å². The fraction of sp³-hybridized carbons (Fsp3) is 0.154. The summed E-state index contributed by atoms with van der Waals surface area (Å²) in [6.45, 7) is 3.74. The van der Waals surface area contributed by atoms with Crippen molar-refractivity contribution in [2.45, 2.75) is 13.8 Å². The third-order valence-corrected chi connectivity index (χ3v) is 2.38. The number of nitrogens with one attached hydrogen (secondary N) is 1. The fourth-order valence-corrected chi connectivity index (χ4v) is 1.66. The average Bonchev–Trinajstić information content (AvgIpc) is 2.30. The molecule has 0 radical (unpaired) electrons. The molecule has 2 aromatic rings. The van der Waals surface area contributed by atoms with Gasteiger partial charge in [0.05, 0.1) is 28.8 Å². The van der Waals surface area contributed by atoms with Crippen molar-refractivity contribution >= 4 is 11.4 Å². The van der Waals surface area contributed by atoms with Crippen LogP contribution < -0.4 is 5.32 Å². The molecule has 0 spiro atoms. The van der Waals surface area contributed by atoms with E-state index in [2.05, 4.69) is 21.4 Å². The molecular formula is C13H12N4. The van der Waals surface area contributed by atoms with Gasteiger partial charge in [0.25, 0.3) is 0 Å². The largest absolute Gasteiger partial charge is 0.353 e. The summed E-state index contributed by atoms with van der Waals surface area (Å²) in [5, 5.41) is 12.3. The Morgan fingerprint density at radius 1 is 1.35 bits per heavy atom. The van der Waals surface area contributed by atoms with Crippen LogP contribution in [0.5, 0.6) is 0 Å².